The highest BCUT2D eigenvalue weighted by Crippen LogP contribution is 2.28. The van der Waals surface area contributed by atoms with Crippen LogP contribution in [0.15, 0.2) is 72.8 Å². The molecule has 0 saturated carbocycles. The molecule has 1 atom stereocenters. The number of amides is 1. The minimum atomic E-state index is -0.428. The summed E-state index contributed by atoms with van der Waals surface area (Å²) in [6.07, 6.45) is 1.42. The van der Waals surface area contributed by atoms with Crippen molar-refractivity contribution < 1.29 is 23.8 Å². The predicted molar refractivity (Wildman–Crippen MR) is 134 cm³/mol. The van der Waals surface area contributed by atoms with Crippen molar-refractivity contribution in [1.82, 2.24) is 4.90 Å². The molecule has 7 heteroatoms. The van der Waals surface area contributed by atoms with Crippen LogP contribution < -0.4 is 14.8 Å². The first-order valence-corrected chi connectivity index (χ1v) is 11.6. The molecule has 3 aromatic rings. The number of nitrogens with one attached hydrogen (secondary N) is 1. The fourth-order valence-electron chi connectivity index (χ4n) is 4.22. The second-order valence-corrected chi connectivity index (χ2v) is 8.44. The molecule has 0 aliphatic carbocycles. The zero-order chi connectivity index (χ0) is 24.6. The largest absolute Gasteiger partial charge is 0.497 e. The van der Waals surface area contributed by atoms with Crippen molar-refractivity contribution in [2.45, 2.75) is 25.4 Å². The summed E-state index contributed by atoms with van der Waals surface area (Å²) < 4.78 is 15.4. The van der Waals surface area contributed by atoms with Crippen molar-refractivity contribution in [3.05, 3.63) is 89.5 Å². The molecule has 182 valence electrons. The lowest BCUT2D eigenvalue weighted by Crippen LogP contribution is -2.48. The van der Waals surface area contributed by atoms with Crippen LogP contribution in [0, 0.1) is 0 Å². The number of methoxy groups -OCH3 is 2. The Morgan fingerprint density at radius 2 is 1.69 bits per heavy atom. The molecule has 7 nitrogen and oxygen atoms in total. The number of rotatable bonds is 9. The number of hydrogen-bond donors (Lipinski definition) is 1. The average Bonchev–Trinajstić information content (AvgIpc) is 2.90. The topological polar surface area (TPSA) is 77.1 Å². The molecule has 0 aromatic heterocycles. The molecule has 1 N–H and O–H groups in total. The number of carbonyl (C=O) groups is 2. The van der Waals surface area contributed by atoms with E-state index in [0.29, 0.717) is 18.7 Å². The summed E-state index contributed by atoms with van der Waals surface area (Å²) in [4.78, 5) is 27.0. The van der Waals surface area contributed by atoms with Gasteiger partial charge in [0.25, 0.3) is 0 Å². The van der Waals surface area contributed by atoms with Crippen LogP contribution in [0.1, 0.15) is 16.7 Å². The number of nitrogens with zero attached hydrogens (tertiary/aromatic N) is 1. The lowest BCUT2D eigenvalue weighted by atomic mass is 9.92. The Kier molecular flexibility index (Phi) is 8.00. The van der Waals surface area contributed by atoms with Gasteiger partial charge in [0.2, 0.25) is 5.91 Å². The summed E-state index contributed by atoms with van der Waals surface area (Å²) in [5, 5.41) is 3.06. The van der Waals surface area contributed by atoms with Gasteiger partial charge in [-0.05, 0) is 65.9 Å². The van der Waals surface area contributed by atoms with Gasteiger partial charge in [-0.3, -0.25) is 9.69 Å². The molecule has 0 radical (unpaired) electrons. The molecule has 0 spiro atoms. The van der Waals surface area contributed by atoms with Crippen molar-refractivity contribution in [2.75, 3.05) is 32.7 Å². The number of anilines is 1. The minimum absolute atomic E-state index is 0.0418. The van der Waals surface area contributed by atoms with E-state index in [2.05, 4.69) is 27.1 Å². The highest BCUT2D eigenvalue weighted by atomic mass is 16.6. The molecule has 1 amide bonds. The van der Waals surface area contributed by atoms with Gasteiger partial charge >= 0.3 is 5.97 Å². The van der Waals surface area contributed by atoms with Gasteiger partial charge in [0, 0.05) is 18.8 Å². The highest BCUT2D eigenvalue weighted by Gasteiger charge is 2.31. The Bertz CT molecular complexity index is 1150. The third-order valence-corrected chi connectivity index (χ3v) is 6.18. The summed E-state index contributed by atoms with van der Waals surface area (Å²) in [5.41, 5.74) is 4.15. The van der Waals surface area contributed by atoms with E-state index in [4.69, 9.17) is 9.47 Å². The zero-order valence-electron chi connectivity index (χ0n) is 20.0. The van der Waals surface area contributed by atoms with E-state index in [1.165, 1.54) is 12.7 Å². The van der Waals surface area contributed by atoms with Crippen molar-refractivity contribution in [3.63, 3.8) is 0 Å². The number of fused-ring (bicyclic) bond motifs is 1. The first-order chi connectivity index (χ1) is 17.1. The van der Waals surface area contributed by atoms with Gasteiger partial charge in [0.1, 0.15) is 11.5 Å². The van der Waals surface area contributed by atoms with Crippen molar-refractivity contribution in [1.29, 1.82) is 0 Å². The fraction of sp³-hybridized carbons (Fsp3) is 0.286. The van der Waals surface area contributed by atoms with Gasteiger partial charge in [-0.25, -0.2) is 4.79 Å². The summed E-state index contributed by atoms with van der Waals surface area (Å²) in [7, 11) is 2.95. The molecular formula is C28H30N2O5. The van der Waals surface area contributed by atoms with Gasteiger partial charge in [-0.1, -0.05) is 36.4 Å². The first kappa shape index (κ1) is 24.3. The maximum Gasteiger partial charge on any atom is 0.343 e. The quantitative estimate of drug-likeness (QED) is 0.475. The van der Waals surface area contributed by atoms with E-state index < -0.39 is 5.97 Å². The lowest BCUT2D eigenvalue weighted by molar-refractivity contribution is -0.142. The molecule has 0 bridgehead atoms. The summed E-state index contributed by atoms with van der Waals surface area (Å²) >= 11 is 0. The van der Waals surface area contributed by atoms with Gasteiger partial charge < -0.3 is 19.5 Å². The van der Waals surface area contributed by atoms with Crippen LogP contribution in [0.4, 0.5) is 5.69 Å². The maximum atomic E-state index is 13.4. The normalized spacial score (nSPS) is 15.1. The average molecular weight is 475 g/mol. The van der Waals surface area contributed by atoms with Gasteiger partial charge in [-0.2, -0.15) is 0 Å². The summed E-state index contributed by atoms with van der Waals surface area (Å²) in [5.74, 6) is 0.880. The minimum Gasteiger partial charge on any atom is -0.497 e. The number of carbonyl (C=O) groups excluding carboxylic acids is 2. The van der Waals surface area contributed by atoms with Crippen LogP contribution in [-0.2, 0) is 33.7 Å². The molecule has 1 heterocycles. The number of benzene rings is 3. The maximum absolute atomic E-state index is 13.4. The lowest BCUT2D eigenvalue weighted by Gasteiger charge is -2.36. The van der Waals surface area contributed by atoms with Crippen LogP contribution in [0.25, 0.3) is 0 Å². The molecule has 0 saturated heterocycles. The molecule has 1 aliphatic rings. The Balaban J connectivity index is 1.52. The van der Waals surface area contributed by atoms with Crippen LogP contribution in [0.2, 0.25) is 0 Å². The van der Waals surface area contributed by atoms with Crippen LogP contribution in [-0.4, -0.2) is 50.2 Å². The molecule has 4 rings (SSSR count). The van der Waals surface area contributed by atoms with E-state index in [9.17, 15) is 9.59 Å². The van der Waals surface area contributed by atoms with E-state index in [1.54, 1.807) is 7.11 Å². The first-order valence-electron chi connectivity index (χ1n) is 11.6. The van der Waals surface area contributed by atoms with E-state index >= 15 is 0 Å². The second kappa shape index (κ2) is 11.5. The predicted octanol–water partition coefficient (Wildman–Crippen LogP) is 3.86. The molecule has 0 fully saturated rings. The van der Waals surface area contributed by atoms with E-state index in [0.717, 1.165) is 35.5 Å². The third-order valence-electron chi connectivity index (χ3n) is 6.18. The molecule has 3 aromatic carbocycles. The van der Waals surface area contributed by atoms with Crippen LogP contribution in [0.3, 0.4) is 0 Å². The Hall–Kier alpha value is -3.84. The number of hydrogen-bond acceptors (Lipinski definition) is 6. The smallest absolute Gasteiger partial charge is 0.343 e. The van der Waals surface area contributed by atoms with E-state index in [1.807, 2.05) is 60.7 Å². The molecule has 1 aliphatic heterocycles. The van der Waals surface area contributed by atoms with Crippen molar-refractivity contribution in [2.24, 2.45) is 0 Å². The number of ether oxygens (including phenoxy) is 3. The van der Waals surface area contributed by atoms with Gasteiger partial charge in [-0.15, -0.1) is 0 Å². The van der Waals surface area contributed by atoms with E-state index in [-0.39, 0.29) is 18.6 Å². The summed E-state index contributed by atoms with van der Waals surface area (Å²) in [6, 6.07) is 23.0. The highest BCUT2D eigenvalue weighted by molar-refractivity contribution is 5.95. The zero-order valence-corrected chi connectivity index (χ0v) is 20.0. The Morgan fingerprint density at radius 3 is 2.40 bits per heavy atom. The molecular weight excluding hydrogens is 444 g/mol. The second-order valence-electron chi connectivity index (χ2n) is 8.44. The third kappa shape index (κ3) is 6.39. The standard InChI is InChI=1S/C28H30N2O5/c1-33-24-12-9-23(10-13-24)29-28(32)26-17-21-8-11-25(35-19-27(31)34-2)16-22(21)18-30(26)15-14-20-6-4-3-5-7-20/h3-13,16,26H,14-15,17-19H2,1-2H3,(H,29,32)/t26-/m0/s1. The molecule has 35 heavy (non-hydrogen) atoms. The molecule has 0 unspecified atom stereocenters. The monoisotopic (exact) mass is 474 g/mol. The van der Waals surface area contributed by atoms with Crippen molar-refractivity contribution in [3.8, 4) is 11.5 Å². The van der Waals surface area contributed by atoms with Gasteiger partial charge in [0.15, 0.2) is 6.61 Å². The fourth-order valence-corrected chi connectivity index (χ4v) is 4.22. The van der Waals surface area contributed by atoms with Crippen molar-refractivity contribution >= 4 is 17.6 Å². The summed E-state index contributed by atoms with van der Waals surface area (Å²) in [6.45, 7) is 1.20. The Morgan fingerprint density at radius 1 is 0.943 bits per heavy atom. The number of esters is 1. The van der Waals surface area contributed by atoms with Crippen LogP contribution in [0.5, 0.6) is 11.5 Å². The SMILES string of the molecule is COC(=O)COc1ccc2c(c1)CN(CCc1ccccc1)[C@H](C(=O)Nc1ccc(OC)cc1)C2. The van der Waals surface area contributed by atoms with Gasteiger partial charge in [0.05, 0.1) is 20.3 Å². The van der Waals surface area contributed by atoms with Crippen LogP contribution >= 0.6 is 0 Å². The Labute approximate surface area is 205 Å².